The lowest BCUT2D eigenvalue weighted by molar-refractivity contribution is 0.287. The summed E-state index contributed by atoms with van der Waals surface area (Å²) >= 11 is 0. The van der Waals surface area contributed by atoms with Crippen molar-refractivity contribution in [2.75, 3.05) is 0 Å². The maximum atomic E-state index is 5.40. The van der Waals surface area contributed by atoms with Crippen molar-refractivity contribution in [2.24, 2.45) is 5.41 Å². The zero-order chi connectivity index (χ0) is 10.6. The van der Waals surface area contributed by atoms with Gasteiger partial charge in [-0.3, -0.25) is 0 Å². The first-order valence-electron chi connectivity index (χ1n) is 6.20. The van der Waals surface area contributed by atoms with E-state index in [9.17, 15) is 0 Å². The van der Waals surface area contributed by atoms with E-state index in [1.165, 1.54) is 38.5 Å². The summed E-state index contributed by atoms with van der Waals surface area (Å²) in [5, 5.41) is 0. The molecule has 0 aromatic carbocycles. The average Bonchev–Trinajstić information content (AvgIpc) is 2.76. The van der Waals surface area contributed by atoms with Crippen molar-refractivity contribution in [3.8, 4) is 0 Å². The highest BCUT2D eigenvalue weighted by Gasteiger charge is 2.33. The van der Waals surface area contributed by atoms with Gasteiger partial charge in [-0.2, -0.15) is 0 Å². The lowest BCUT2D eigenvalue weighted by Gasteiger charge is -2.23. The molecule has 84 valence electrons. The van der Waals surface area contributed by atoms with Crippen molar-refractivity contribution in [3.05, 3.63) is 0 Å². The van der Waals surface area contributed by atoms with E-state index >= 15 is 0 Å². The summed E-state index contributed by atoms with van der Waals surface area (Å²) in [5.41, 5.74) is 0.560. The molecule has 0 amide bonds. The fourth-order valence-electron chi connectivity index (χ4n) is 2.28. The van der Waals surface area contributed by atoms with Crippen LogP contribution in [-0.4, -0.2) is 12.2 Å². The normalized spacial score (nSPS) is 26.6. The van der Waals surface area contributed by atoms with Crippen LogP contribution in [0.1, 0.15) is 66.2 Å². The van der Waals surface area contributed by atoms with Crippen LogP contribution in [0.3, 0.4) is 0 Å². The van der Waals surface area contributed by atoms with E-state index in [2.05, 4.69) is 27.7 Å². The molecule has 0 N–H and O–H groups in total. The highest BCUT2D eigenvalue weighted by molar-refractivity contribution is 4.80. The fraction of sp³-hybridized carbons (Fsp3) is 1.00. The second-order valence-electron chi connectivity index (χ2n) is 5.54. The Morgan fingerprint density at radius 1 is 1.14 bits per heavy atom. The maximum absolute atomic E-state index is 5.40. The van der Waals surface area contributed by atoms with Gasteiger partial charge in [0.25, 0.3) is 0 Å². The highest BCUT2D eigenvalue weighted by atomic mass is 16.6. The van der Waals surface area contributed by atoms with Crippen molar-refractivity contribution in [1.82, 2.24) is 0 Å². The van der Waals surface area contributed by atoms with Crippen LogP contribution in [0.4, 0.5) is 0 Å². The lowest BCUT2D eigenvalue weighted by Crippen LogP contribution is -2.10. The molecule has 14 heavy (non-hydrogen) atoms. The zero-order valence-electron chi connectivity index (χ0n) is 10.3. The molecule has 0 saturated carbocycles. The fourth-order valence-corrected chi connectivity index (χ4v) is 2.28. The van der Waals surface area contributed by atoms with Crippen LogP contribution in [0.15, 0.2) is 0 Å². The third kappa shape index (κ3) is 4.45. The minimum atomic E-state index is 0.554. The van der Waals surface area contributed by atoms with Crippen molar-refractivity contribution in [3.63, 3.8) is 0 Å². The molecule has 1 saturated heterocycles. The topological polar surface area (TPSA) is 12.5 Å². The van der Waals surface area contributed by atoms with Gasteiger partial charge < -0.3 is 4.74 Å². The second-order valence-corrected chi connectivity index (χ2v) is 5.54. The van der Waals surface area contributed by atoms with Crippen LogP contribution in [-0.2, 0) is 4.74 Å². The SMILES string of the molecule is CCCC(C)(C)CCCCC1OC1C. The summed E-state index contributed by atoms with van der Waals surface area (Å²) in [4.78, 5) is 0. The first kappa shape index (κ1) is 12.0. The largest absolute Gasteiger partial charge is 0.370 e. The van der Waals surface area contributed by atoms with Gasteiger partial charge in [0, 0.05) is 0 Å². The lowest BCUT2D eigenvalue weighted by atomic mass is 9.83. The molecule has 1 rings (SSSR count). The molecule has 1 fully saturated rings. The molecule has 0 spiro atoms. The number of epoxide rings is 1. The third-order valence-corrected chi connectivity index (χ3v) is 3.36. The van der Waals surface area contributed by atoms with Gasteiger partial charge in [0.1, 0.15) is 0 Å². The second kappa shape index (κ2) is 5.16. The molecule has 1 heterocycles. The summed E-state index contributed by atoms with van der Waals surface area (Å²) in [6.07, 6.45) is 9.22. The Labute approximate surface area is 89.2 Å². The van der Waals surface area contributed by atoms with Crippen molar-refractivity contribution >= 4 is 0 Å². The molecule has 1 heteroatoms. The van der Waals surface area contributed by atoms with Gasteiger partial charge in [0.15, 0.2) is 0 Å². The van der Waals surface area contributed by atoms with Gasteiger partial charge in [-0.05, 0) is 31.6 Å². The molecular weight excluding hydrogens is 172 g/mol. The van der Waals surface area contributed by atoms with Crippen LogP contribution < -0.4 is 0 Å². The Hall–Kier alpha value is -0.0400. The molecule has 1 aliphatic heterocycles. The number of unbranched alkanes of at least 4 members (excludes halogenated alkanes) is 1. The van der Waals surface area contributed by atoms with Gasteiger partial charge in [0.2, 0.25) is 0 Å². The van der Waals surface area contributed by atoms with Gasteiger partial charge in [-0.15, -0.1) is 0 Å². The minimum absolute atomic E-state index is 0.554. The van der Waals surface area contributed by atoms with Gasteiger partial charge in [-0.25, -0.2) is 0 Å². The monoisotopic (exact) mass is 198 g/mol. The Morgan fingerprint density at radius 3 is 2.29 bits per heavy atom. The number of ether oxygens (including phenoxy) is 1. The van der Waals surface area contributed by atoms with Gasteiger partial charge in [-0.1, -0.05) is 40.0 Å². The summed E-state index contributed by atoms with van der Waals surface area (Å²) in [5.74, 6) is 0. The predicted octanol–water partition coefficient (Wildman–Crippen LogP) is 4.16. The molecule has 2 unspecified atom stereocenters. The third-order valence-electron chi connectivity index (χ3n) is 3.36. The van der Waals surface area contributed by atoms with Crippen LogP contribution in [0.5, 0.6) is 0 Å². The molecule has 0 bridgehead atoms. The molecule has 1 aliphatic rings. The predicted molar refractivity (Wildman–Crippen MR) is 61.5 cm³/mol. The summed E-state index contributed by atoms with van der Waals surface area (Å²) in [6, 6.07) is 0. The van der Waals surface area contributed by atoms with E-state index in [4.69, 9.17) is 4.74 Å². The molecule has 0 aromatic rings. The van der Waals surface area contributed by atoms with E-state index in [0.717, 1.165) is 0 Å². The van der Waals surface area contributed by atoms with E-state index in [-0.39, 0.29) is 0 Å². The van der Waals surface area contributed by atoms with Crippen molar-refractivity contribution in [2.45, 2.75) is 78.4 Å². The molecule has 1 nitrogen and oxygen atoms in total. The van der Waals surface area contributed by atoms with Gasteiger partial charge in [0.05, 0.1) is 12.2 Å². The summed E-state index contributed by atoms with van der Waals surface area (Å²) in [7, 11) is 0. The van der Waals surface area contributed by atoms with Gasteiger partial charge >= 0.3 is 0 Å². The first-order valence-corrected chi connectivity index (χ1v) is 6.20. The summed E-state index contributed by atoms with van der Waals surface area (Å²) in [6.45, 7) is 9.24. The minimum Gasteiger partial charge on any atom is -0.370 e. The Balaban J connectivity index is 1.97. The van der Waals surface area contributed by atoms with Crippen LogP contribution in [0.25, 0.3) is 0 Å². The smallest absolute Gasteiger partial charge is 0.0839 e. The molecule has 0 aliphatic carbocycles. The Morgan fingerprint density at radius 2 is 1.79 bits per heavy atom. The molecule has 0 radical (unpaired) electrons. The molecular formula is C13H26O. The quantitative estimate of drug-likeness (QED) is 0.442. The Bertz CT molecular complexity index is 163. The molecule has 0 aromatic heterocycles. The van der Waals surface area contributed by atoms with E-state index < -0.39 is 0 Å². The number of hydrogen-bond acceptors (Lipinski definition) is 1. The number of rotatable bonds is 7. The van der Waals surface area contributed by atoms with Crippen molar-refractivity contribution < 1.29 is 4.74 Å². The first-order chi connectivity index (χ1) is 6.55. The van der Waals surface area contributed by atoms with Crippen LogP contribution in [0, 0.1) is 5.41 Å². The molecule has 2 atom stereocenters. The summed E-state index contributed by atoms with van der Waals surface area (Å²) < 4.78 is 5.40. The van der Waals surface area contributed by atoms with E-state index in [1.54, 1.807) is 0 Å². The highest BCUT2D eigenvalue weighted by Crippen LogP contribution is 2.31. The van der Waals surface area contributed by atoms with Crippen LogP contribution in [0.2, 0.25) is 0 Å². The maximum Gasteiger partial charge on any atom is 0.0839 e. The Kier molecular flexibility index (Phi) is 4.43. The van der Waals surface area contributed by atoms with Crippen LogP contribution >= 0.6 is 0 Å². The standard InChI is InChI=1S/C13H26O/c1-5-9-13(3,4)10-7-6-8-12-11(2)14-12/h11-12H,5-10H2,1-4H3. The zero-order valence-corrected chi connectivity index (χ0v) is 10.3. The van der Waals surface area contributed by atoms with E-state index in [1.807, 2.05) is 0 Å². The van der Waals surface area contributed by atoms with Crippen molar-refractivity contribution in [1.29, 1.82) is 0 Å². The van der Waals surface area contributed by atoms with E-state index in [0.29, 0.717) is 17.6 Å². The average molecular weight is 198 g/mol. The number of hydrogen-bond donors (Lipinski definition) is 0.